The van der Waals surface area contributed by atoms with Crippen LogP contribution in [0.2, 0.25) is 0 Å². The molecule has 26 heavy (non-hydrogen) atoms. The minimum absolute atomic E-state index is 0.0361. The number of rotatable bonds is 4. The first kappa shape index (κ1) is 17.0. The summed E-state index contributed by atoms with van der Waals surface area (Å²) in [5.74, 6) is 0.451. The number of fused-ring (bicyclic) bond motifs is 2. The molecule has 2 atom stereocenters. The summed E-state index contributed by atoms with van der Waals surface area (Å²) in [5, 5.41) is 9.08. The summed E-state index contributed by atoms with van der Waals surface area (Å²) in [5.41, 5.74) is 1.24. The number of amides is 2. The van der Waals surface area contributed by atoms with E-state index in [4.69, 9.17) is 5.11 Å². The van der Waals surface area contributed by atoms with Crippen LogP contribution in [0.5, 0.6) is 0 Å². The minimum Gasteiger partial charge on any atom is -0.396 e. The number of likely N-dealkylation sites (tertiary alicyclic amines) is 2. The summed E-state index contributed by atoms with van der Waals surface area (Å²) in [4.78, 5) is 33.4. The highest BCUT2D eigenvalue weighted by Gasteiger charge is 2.40. The molecular weight excluding hydrogens is 332 g/mol. The number of piperidine rings is 2. The van der Waals surface area contributed by atoms with Crippen LogP contribution in [0, 0.1) is 5.92 Å². The summed E-state index contributed by atoms with van der Waals surface area (Å²) in [6, 6.07) is 5.89. The van der Waals surface area contributed by atoms with Gasteiger partial charge in [-0.3, -0.25) is 9.59 Å². The zero-order valence-electron chi connectivity index (χ0n) is 14.8. The zero-order valence-corrected chi connectivity index (χ0v) is 14.8. The summed E-state index contributed by atoms with van der Waals surface area (Å²) in [6.45, 7) is 2.01. The second-order valence-electron chi connectivity index (χ2n) is 7.16. The molecule has 2 amide bonds. The van der Waals surface area contributed by atoms with Crippen molar-refractivity contribution in [2.24, 2.45) is 5.92 Å². The predicted molar refractivity (Wildman–Crippen MR) is 95.6 cm³/mol. The third kappa shape index (κ3) is 3.07. The van der Waals surface area contributed by atoms with E-state index in [2.05, 4.69) is 4.98 Å². The van der Waals surface area contributed by atoms with Crippen LogP contribution in [0.1, 0.15) is 36.2 Å². The van der Waals surface area contributed by atoms with Crippen molar-refractivity contribution in [3.05, 3.63) is 36.3 Å². The number of carbonyl (C=O) groups excluding carboxylic acids is 2. The fraction of sp³-hybridized carbons (Fsp3) is 0.526. The second kappa shape index (κ2) is 7.07. The van der Waals surface area contributed by atoms with E-state index >= 15 is 0 Å². The minimum atomic E-state index is -0.0361. The van der Waals surface area contributed by atoms with Crippen LogP contribution in [-0.2, 0) is 4.79 Å². The van der Waals surface area contributed by atoms with Gasteiger partial charge in [-0.15, -0.1) is 0 Å². The molecule has 2 aromatic rings. The molecule has 4 heterocycles. The monoisotopic (exact) mass is 356 g/mol. The number of aliphatic hydroxyl groups is 1. The number of hydrogen-bond acceptors (Lipinski definition) is 4. The molecule has 0 aromatic carbocycles. The Labute approximate surface area is 152 Å². The summed E-state index contributed by atoms with van der Waals surface area (Å²) in [7, 11) is 0. The number of nitrogens with zero attached hydrogens (tertiary/aromatic N) is 4. The number of aliphatic hydroxyl groups excluding tert-OH is 1. The maximum atomic E-state index is 12.9. The van der Waals surface area contributed by atoms with Gasteiger partial charge in [0.2, 0.25) is 5.91 Å². The van der Waals surface area contributed by atoms with Crippen LogP contribution in [0.3, 0.4) is 0 Å². The van der Waals surface area contributed by atoms with Crippen molar-refractivity contribution >= 4 is 17.5 Å². The van der Waals surface area contributed by atoms with Crippen molar-refractivity contribution in [2.45, 2.75) is 31.7 Å². The highest BCUT2D eigenvalue weighted by molar-refractivity contribution is 5.93. The number of imidazole rings is 1. The first-order valence-electron chi connectivity index (χ1n) is 9.30. The summed E-state index contributed by atoms with van der Waals surface area (Å²) >= 11 is 0. The van der Waals surface area contributed by atoms with Gasteiger partial charge in [-0.2, -0.15) is 0 Å². The molecule has 2 fully saturated rings. The van der Waals surface area contributed by atoms with E-state index in [0.717, 1.165) is 18.5 Å². The van der Waals surface area contributed by atoms with Crippen molar-refractivity contribution < 1.29 is 14.7 Å². The topological polar surface area (TPSA) is 78.2 Å². The first-order valence-corrected chi connectivity index (χ1v) is 9.30. The largest absolute Gasteiger partial charge is 0.396 e. The lowest BCUT2D eigenvalue weighted by Gasteiger charge is -2.47. The van der Waals surface area contributed by atoms with E-state index in [1.807, 2.05) is 38.6 Å². The molecule has 0 radical (unpaired) electrons. The number of pyridine rings is 1. The van der Waals surface area contributed by atoms with Crippen molar-refractivity contribution in [2.75, 3.05) is 26.2 Å². The van der Waals surface area contributed by atoms with Gasteiger partial charge in [0.15, 0.2) is 0 Å². The fourth-order valence-corrected chi connectivity index (χ4v) is 4.27. The quantitative estimate of drug-likeness (QED) is 0.892. The van der Waals surface area contributed by atoms with E-state index < -0.39 is 0 Å². The van der Waals surface area contributed by atoms with E-state index in [-0.39, 0.29) is 24.5 Å². The van der Waals surface area contributed by atoms with Crippen LogP contribution in [0.4, 0.5) is 0 Å². The zero-order chi connectivity index (χ0) is 18.1. The summed E-state index contributed by atoms with van der Waals surface area (Å²) in [6.07, 6.45) is 6.43. The third-order valence-corrected chi connectivity index (χ3v) is 5.57. The van der Waals surface area contributed by atoms with Crippen LogP contribution in [0.15, 0.2) is 30.6 Å². The number of hydrogen-bond donors (Lipinski definition) is 1. The van der Waals surface area contributed by atoms with Gasteiger partial charge in [-0.05, 0) is 37.3 Å². The van der Waals surface area contributed by atoms with Crippen molar-refractivity contribution in [3.8, 4) is 0 Å². The molecular formula is C19H24N4O3. The number of carbonyl (C=O) groups is 2. The Morgan fingerprint density at radius 3 is 3.00 bits per heavy atom. The Hall–Kier alpha value is -2.41. The first-order chi connectivity index (χ1) is 12.7. The van der Waals surface area contributed by atoms with Gasteiger partial charge in [0.05, 0.1) is 0 Å². The van der Waals surface area contributed by atoms with Crippen LogP contribution in [0.25, 0.3) is 5.65 Å². The molecule has 7 nitrogen and oxygen atoms in total. The van der Waals surface area contributed by atoms with Gasteiger partial charge in [-0.25, -0.2) is 4.98 Å². The van der Waals surface area contributed by atoms with E-state index in [1.54, 1.807) is 6.20 Å². The molecule has 0 bridgehead atoms. The Kier molecular flexibility index (Phi) is 4.63. The molecule has 7 heteroatoms. The standard InChI is InChI=1S/C19H24N4O3/c24-11-3-9-23-16-7-10-22(12-14(16)5-6-18(23)25)19(26)15-13-21-8-2-1-4-17(21)20-15/h1-2,4,8,13-14,16,24H,3,5-7,9-12H2/t14-,16+/m0/s1. The molecule has 2 aliphatic rings. The molecule has 138 valence electrons. The highest BCUT2D eigenvalue weighted by Crippen LogP contribution is 2.32. The van der Waals surface area contributed by atoms with E-state index in [9.17, 15) is 9.59 Å². The lowest BCUT2D eigenvalue weighted by Crippen LogP contribution is -2.57. The Morgan fingerprint density at radius 2 is 2.19 bits per heavy atom. The Morgan fingerprint density at radius 1 is 1.31 bits per heavy atom. The summed E-state index contributed by atoms with van der Waals surface area (Å²) < 4.78 is 1.86. The van der Waals surface area contributed by atoms with Crippen molar-refractivity contribution in [1.29, 1.82) is 0 Å². The molecule has 2 saturated heterocycles. The molecule has 0 saturated carbocycles. The SMILES string of the molecule is O=C(c1cn2ccccc2n1)N1CC[C@@H]2[C@@H](CCC(=O)N2CCCO)C1. The smallest absolute Gasteiger partial charge is 0.274 e. The maximum Gasteiger partial charge on any atom is 0.274 e. The fourth-order valence-electron chi connectivity index (χ4n) is 4.27. The van der Waals surface area contributed by atoms with Crippen LogP contribution >= 0.6 is 0 Å². The molecule has 2 aliphatic heterocycles. The van der Waals surface area contributed by atoms with E-state index in [0.29, 0.717) is 44.1 Å². The molecule has 4 rings (SSSR count). The molecule has 0 unspecified atom stereocenters. The second-order valence-corrected chi connectivity index (χ2v) is 7.16. The van der Waals surface area contributed by atoms with Crippen LogP contribution < -0.4 is 0 Å². The van der Waals surface area contributed by atoms with E-state index in [1.165, 1.54) is 0 Å². The van der Waals surface area contributed by atoms with Gasteiger partial charge < -0.3 is 19.3 Å². The van der Waals surface area contributed by atoms with Gasteiger partial charge in [0.25, 0.3) is 5.91 Å². The third-order valence-electron chi connectivity index (χ3n) is 5.57. The van der Waals surface area contributed by atoms with Gasteiger partial charge >= 0.3 is 0 Å². The average Bonchev–Trinajstić information content (AvgIpc) is 3.10. The Bertz CT molecular complexity index is 785. The molecule has 2 aromatic heterocycles. The van der Waals surface area contributed by atoms with Gasteiger partial charge in [-0.1, -0.05) is 6.07 Å². The lowest BCUT2D eigenvalue weighted by atomic mass is 9.83. The average molecular weight is 356 g/mol. The molecule has 1 N–H and O–H groups in total. The molecule has 0 aliphatic carbocycles. The normalized spacial score (nSPS) is 23.3. The molecule has 0 spiro atoms. The highest BCUT2D eigenvalue weighted by atomic mass is 16.3. The predicted octanol–water partition coefficient (Wildman–Crippen LogP) is 1.17. The lowest BCUT2D eigenvalue weighted by molar-refractivity contribution is -0.140. The van der Waals surface area contributed by atoms with Crippen LogP contribution in [-0.4, -0.2) is 68.4 Å². The maximum absolute atomic E-state index is 12.9. The van der Waals surface area contributed by atoms with Crippen molar-refractivity contribution in [3.63, 3.8) is 0 Å². The van der Waals surface area contributed by atoms with Crippen molar-refractivity contribution in [1.82, 2.24) is 19.2 Å². The number of aromatic nitrogens is 2. The Balaban J connectivity index is 1.47. The van der Waals surface area contributed by atoms with Gasteiger partial charge in [0.1, 0.15) is 11.3 Å². The van der Waals surface area contributed by atoms with Gasteiger partial charge in [0, 0.05) is 51.1 Å².